The van der Waals surface area contributed by atoms with Crippen molar-refractivity contribution in [2.45, 2.75) is 20.8 Å². The number of hydrogen-bond acceptors (Lipinski definition) is 2. The van der Waals surface area contributed by atoms with Gasteiger partial charge in [0.2, 0.25) is 0 Å². The summed E-state index contributed by atoms with van der Waals surface area (Å²) in [5.41, 5.74) is 4.32. The van der Waals surface area contributed by atoms with E-state index in [9.17, 15) is 4.79 Å². The molecule has 0 aliphatic rings. The minimum Gasteiger partial charge on any atom is -0.332 e. The molecule has 0 radical (unpaired) electrons. The molecular weight excluding hydrogens is 316 g/mol. The molecule has 2 aromatic carbocycles. The van der Waals surface area contributed by atoms with Gasteiger partial charge >= 0.3 is 0 Å². The first-order valence-electron chi connectivity index (χ1n) is 6.82. The van der Waals surface area contributed by atoms with E-state index in [0.717, 1.165) is 22.4 Å². The number of hydrogen-bond donors (Lipinski definition) is 2. The first-order valence-corrected chi connectivity index (χ1v) is 7.61. The molecule has 2 aromatic rings. The van der Waals surface area contributed by atoms with E-state index in [1.54, 1.807) is 6.07 Å². The Bertz CT molecular complexity index is 723. The summed E-state index contributed by atoms with van der Waals surface area (Å²) in [6.07, 6.45) is 0. The molecule has 22 heavy (non-hydrogen) atoms. The molecule has 2 rings (SSSR count). The van der Waals surface area contributed by atoms with Gasteiger partial charge in [-0.3, -0.25) is 10.1 Å². The van der Waals surface area contributed by atoms with E-state index in [1.807, 2.05) is 51.1 Å². The molecule has 5 heteroatoms. The van der Waals surface area contributed by atoms with Crippen LogP contribution < -0.4 is 10.6 Å². The van der Waals surface area contributed by atoms with E-state index in [-0.39, 0.29) is 11.0 Å². The largest absolute Gasteiger partial charge is 0.332 e. The predicted molar refractivity (Wildman–Crippen MR) is 95.8 cm³/mol. The second-order valence-corrected chi connectivity index (χ2v) is 6.01. The Balaban J connectivity index is 2.08. The monoisotopic (exact) mass is 332 g/mol. The molecule has 0 saturated carbocycles. The smallest absolute Gasteiger partial charge is 0.257 e. The van der Waals surface area contributed by atoms with Crippen LogP contribution in [0.3, 0.4) is 0 Å². The number of rotatable bonds is 2. The maximum atomic E-state index is 12.2. The van der Waals surface area contributed by atoms with Crippen molar-refractivity contribution in [3.8, 4) is 0 Å². The van der Waals surface area contributed by atoms with Gasteiger partial charge in [-0.15, -0.1) is 0 Å². The average molecular weight is 333 g/mol. The summed E-state index contributed by atoms with van der Waals surface area (Å²) in [6, 6.07) is 11.2. The van der Waals surface area contributed by atoms with Crippen molar-refractivity contribution in [1.29, 1.82) is 0 Å². The number of thiocarbonyl (C=S) groups is 1. The third-order valence-corrected chi connectivity index (χ3v) is 3.84. The zero-order chi connectivity index (χ0) is 16.3. The number of nitrogens with one attached hydrogen (secondary N) is 2. The molecule has 0 saturated heterocycles. The van der Waals surface area contributed by atoms with Crippen LogP contribution in [-0.2, 0) is 0 Å². The van der Waals surface area contributed by atoms with E-state index >= 15 is 0 Å². The maximum absolute atomic E-state index is 12.2. The second-order valence-electron chi connectivity index (χ2n) is 5.20. The van der Waals surface area contributed by atoms with Crippen LogP contribution in [0.1, 0.15) is 27.0 Å². The predicted octanol–water partition coefficient (Wildman–Crippen LogP) is 4.39. The second kappa shape index (κ2) is 6.90. The Hall–Kier alpha value is -1.91. The highest BCUT2D eigenvalue weighted by Gasteiger charge is 2.10. The van der Waals surface area contributed by atoms with Gasteiger partial charge in [0.05, 0.1) is 0 Å². The third kappa shape index (κ3) is 4.06. The lowest BCUT2D eigenvalue weighted by atomic mass is 10.1. The van der Waals surface area contributed by atoms with Crippen molar-refractivity contribution in [3.05, 3.63) is 63.7 Å². The quantitative estimate of drug-likeness (QED) is 0.801. The molecule has 0 unspecified atom stereocenters. The van der Waals surface area contributed by atoms with E-state index < -0.39 is 0 Å². The Morgan fingerprint density at radius 3 is 2.36 bits per heavy atom. The minimum absolute atomic E-state index is 0.232. The van der Waals surface area contributed by atoms with E-state index in [2.05, 4.69) is 10.6 Å². The van der Waals surface area contributed by atoms with E-state index in [4.69, 9.17) is 23.8 Å². The molecule has 0 aliphatic carbocycles. The lowest BCUT2D eigenvalue weighted by Gasteiger charge is -2.13. The molecule has 0 spiro atoms. The van der Waals surface area contributed by atoms with Crippen LogP contribution >= 0.6 is 23.8 Å². The molecule has 0 aromatic heterocycles. The number of halogens is 1. The van der Waals surface area contributed by atoms with Gasteiger partial charge in [0.25, 0.3) is 5.91 Å². The normalized spacial score (nSPS) is 10.2. The molecule has 0 bridgehead atoms. The lowest BCUT2D eigenvalue weighted by Crippen LogP contribution is -2.34. The third-order valence-electron chi connectivity index (χ3n) is 3.23. The zero-order valence-corrected chi connectivity index (χ0v) is 14.2. The van der Waals surface area contributed by atoms with E-state index in [1.165, 1.54) is 0 Å². The molecule has 0 atom stereocenters. The van der Waals surface area contributed by atoms with Crippen molar-refractivity contribution < 1.29 is 4.79 Å². The molecule has 0 fully saturated rings. The van der Waals surface area contributed by atoms with Gasteiger partial charge in [-0.05, 0) is 62.8 Å². The van der Waals surface area contributed by atoms with Crippen LogP contribution in [0.15, 0.2) is 36.4 Å². The molecule has 3 nitrogen and oxygen atoms in total. The van der Waals surface area contributed by atoms with Gasteiger partial charge in [0.1, 0.15) is 0 Å². The molecular formula is C17H17ClN2OS. The molecule has 114 valence electrons. The first kappa shape index (κ1) is 16.5. The Kier molecular flexibility index (Phi) is 5.16. The minimum atomic E-state index is -0.232. The first-order chi connectivity index (χ1) is 10.4. The molecule has 1 amide bonds. The zero-order valence-electron chi connectivity index (χ0n) is 12.7. The topological polar surface area (TPSA) is 41.1 Å². The summed E-state index contributed by atoms with van der Waals surface area (Å²) in [5.74, 6) is -0.232. The fourth-order valence-electron chi connectivity index (χ4n) is 2.18. The highest BCUT2D eigenvalue weighted by Crippen LogP contribution is 2.22. The summed E-state index contributed by atoms with van der Waals surface area (Å²) in [6.45, 7) is 5.80. The highest BCUT2D eigenvalue weighted by atomic mass is 35.5. The van der Waals surface area contributed by atoms with Gasteiger partial charge < -0.3 is 5.32 Å². The summed E-state index contributed by atoms with van der Waals surface area (Å²) in [7, 11) is 0. The molecule has 0 heterocycles. The van der Waals surface area contributed by atoms with Crippen LogP contribution in [0.5, 0.6) is 0 Å². The van der Waals surface area contributed by atoms with Crippen LogP contribution in [0.25, 0.3) is 0 Å². The number of anilines is 1. The Morgan fingerprint density at radius 2 is 1.73 bits per heavy atom. The van der Waals surface area contributed by atoms with Crippen LogP contribution in [0.2, 0.25) is 5.02 Å². The Morgan fingerprint density at radius 1 is 1.09 bits per heavy atom. The SMILES string of the molecule is Cc1cc(C)cc(C(=O)NC(=S)Nc2cccc(Cl)c2C)c1. The van der Waals surface area contributed by atoms with Gasteiger partial charge in [0, 0.05) is 16.3 Å². The summed E-state index contributed by atoms with van der Waals surface area (Å²) in [5, 5.41) is 6.57. The number of aryl methyl sites for hydroxylation is 2. The maximum Gasteiger partial charge on any atom is 0.257 e. The van der Waals surface area contributed by atoms with Crippen molar-refractivity contribution >= 4 is 40.5 Å². The Labute approximate surface area is 140 Å². The van der Waals surface area contributed by atoms with Gasteiger partial charge in [-0.2, -0.15) is 0 Å². The van der Waals surface area contributed by atoms with Crippen molar-refractivity contribution in [1.82, 2.24) is 5.32 Å². The van der Waals surface area contributed by atoms with Gasteiger partial charge in [-0.25, -0.2) is 0 Å². The number of amides is 1. The van der Waals surface area contributed by atoms with Crippen LogP contribution in [-0.4, -0.2) is 11.0 Å². The summed E-state index contributed by atoms with van der Waals surface area (Å²) in [4.78, 5) is 12.2. The number of carbonyl (C=O) groups excluding carboxylic acids is 1. The van der Waals surface area contributed by atoms with Crippen LogP contribution in [0, 0.1) is 20.8 Å². The number of carbonyl (C=O) groups is 1. The number of benzene rings is 2. The fourth-order valence-corrected chi connectivity index (χ4v) is 2.55. The van der Waals surface area contributed by atoms with Crippen molar-refractivity contribution in [2.75, 3.05) is 5.32 Å². The highest BCUT2D eigenvalue weighted by molar-refractivity contribution is 7.80. The van der Waals surface area contributed by atoms with Crippen molar-refractivity contribution in [2.24, 2.45) is 0 Å². The average Bonchev–Trinajstić information content (AvgIpc) is 2.42. The summed E-state index contributed by atoms with van der Waals surface area (Å²) < 4.78 is 0. The molecule has 2 N–H and O–H groups in total. The summed E-state index contributed by atoms with van der Waals surface area (Å²) >= 11 is 11.3. The lowest BCUT2D eigenvalue weighted by molar-refractivity contribution is 0.0977. The fraction of sp³-hybridized carbons (Fsp3) is 0.176. The van der Waals surface area contributed by atoms with Crippen molar-refractivity contribution in [3.63, 3.8) is 0 Å². The van der Waals surface area contributed by atoms with E-state index in [0.29, 0.717) is 10.6 Å². The van der Waals surface area contributed by atoms with Gasteiger partial charge in [0.15, 0.2) is 5.11 Å². The molecule has 0 aliphatic heterocycles. The standard InChI is InChI=1S/C17H17ClN2OS/c1-10-7-11(2)9-13(8-10)16(21)20-17(22)19-15-6-4-5-14(18)12(15)3/h4-9H,1-3H3,(H2,19,20,21,22). The van der Waals surface area contributed by atoms with Crippen LogP contribution in [0.4, 0.5) is 5.69 Å². The van der Waals surface area contributed by atoms with Gasteiger partial charge in [-0.1, -0.05) is 34.9 Å².